The molecule has 0 aliphatic carbocycles. The second-order valence-electron chi connectivity index (χ2n) is 6.60. The van der Waals surface area contributed by atoms with Gasteiger partial charge in [0.2, 0.25) is 0 Å². The summed E-state index contributed by atoms with van der Waals surface area (Å²) < 4.78 is 0. The molecule has 6 heteroatoms. The van der Waals surface area contributed by atoms with Crippen molar-refractivity contribution in [3.05, 3.63) is 101 Å². The van der Waals surface area contributed by atoms with E-state index >= 15 is 0 Å². The summed E-state index contributed by atoms with van der Waals surface area (Å²) in [5.41, 5.74) is 3.70. The van der Waals surface area contributed by atoms with Crippen LogP contribution in [0.25, 0.3) is 28.1 Å². The standard InChI is InChI=1S/C24H17ClN2O3/c25-17-11-12-20(28)18(13-17)19(14-21(29)30)24-26-22(15-7-3-1-4-8-15)23(27-24)16-9-5-2-6-10-16/h1-14,28H,(H,26,27)(H,29,30)/b19-14-. The van der Waals surface area contributed by atoms with Crippen LogP contribution in [0.4, 0.5) is 0 Å². The number of aromatic hydroxyl groups is 1. The molecule has 148 valence electrons. The van der Waals surface area contributed by atoms with Crippen LogP contribution >= 0.6 is 11.6 Å². The summed E-state index contributed by atoms with van der Waals surface area (Å²) in [6.45, 7) is 0. The van der Waals surface area contributed by atoms with Crippen molar-refractivity contribution in [1.82, 2.24) is 9.97 Å². The first-order chi connectivity index (χ1) is 14.5. The number of hydrogen-bond acceptors (Lipinski definition) is 3. The zero-order chi connectivity index (χ0) is 21.1. The van der Waals surface area contributed by atoms with Gasteiger partial charge in [-0.3, -0.25) is 0 Å². The molecule has 0 unspecified atom stereocenters. The molecule has 3 N–H and O–H groups in total. The number of carboxylic acid groups (broad SMARTS) is 1. The first-order valence-electron chi connectivity index (χ1n) is 9.17. The van der Waals surface area contributed by atoms with Crippen LogP contribution in [-0.4, -0.2) is 26.2 Å². The Hall–Kier alpha value is -3.83. The van der Waals surface area contributed by atoms with Gasteiger partial charge in [0.25, 0.3) is 0 Å². The number of nitrogens with zero attached hydrogens (tertiary/aromatic N) is 1. The number of hydrogen-bond donors (Lipinski definition) is 3. The van der Waals surface area contributed by atoms with E-state index in [0.717, 1.165) is 22.9 Å². The Balaban J connectivity index is 1.96. The van der Waals surface area contributed by atoms with E-state index in [4.69, 9.17) is 16.6 Å². The van der Waals surface area contributed by atoms with Crippen molar-refractivity contribution in [2.45, 2.75) is 0 Å². The van der Waals surface area contributed by atoms with Gasteiger partial charge in [0.1, 0.15) is 11.6 Å². The van der Waals surface area contributed by atoms with E-state index in [1.165, 1.54) is 18.2 Å². The SMILES string of the molecule is O=C(O)/C=C(\c1nc(-c2ccccc2)c(-c2ccccc2)[nH]1)c1cc(Cl)ccc1O. The van der Waals surface area contributed by atoms with Gasteiger partial charge >= 0.3 is 5.97 Å². The molecule has 0 bridgehead atoms. The fraction of sp³-hybridized carbons (Fsp3) is 0. The number of phenols is 1. The molecule has 0 radical (unpaired) electrons. The van der Waals surface area contributed by atoms with Crippen LogP contribution < -0.4 is 0 Å². The monoisotopic (exact) mass is 416 g/mol. The van der Waals surface area contributed by atoms with Gasteiger partial charge in [0, 0.05) is 33.4 Å². The number of imidazole rings is 1. The van der Waals surface area contributed by atoms with E-state index in [1.54, 1.807) is 0 Å². The van der Waals surface area contributed by atoms with Crippen molar-refractivity contribution in [2.24, 2.45) is 0 Å². The molecule has 0 aliphatic heterocycles. The van der Waals surface area contributed by atoms with Crippen LogP contribution in [0.5, 0.6) is 5.75 Å². The van der Waals surface area contributed by atoms with E-state index in [0.29, 0.717) is 16.5 Å². The van der Waals surface area contributed by atoms with Gasteiger partial charge in [-0.2, -0.15) is 0 Å². The van der Waals surface area contributed by atoms with Crippen molar-refractivity contribution in [3.63, 3.8) is 0 Å². The van der Waals surface area contributed by atoms with Crippen LogP contribution in [0.15, 0.2) is 84.9 Å². The van der Waals surface area contributed by atoms with Crippen LogP contribution in [0, 0.1) is 0 Å². The van der Waals surface area contributed by atoms with Crippen LogP contribution in [0.1, 0.15) is 11.4 Å². The first-order valence-corrected chi connectivity index (χ1v) is 9.55. The Morgan fingerprint density at radius 2 is 1.57 bits per heavy atom. The summed E-state index contributed by atoms with van der Waals surface area (Å²) in [6.07, 6.45) is 1.01. The number of halogens is 1. The minimum Gasteiger partial charge on any atom is -0.507 e. The highest BCUT2D eigenvalue weighted by Crippen LogP contribution is 2.36. The second-order valence-corrected chi connectivity index (χ2v) is 7.04. The molecule has 0 saturated heterocycles. The third-order valence-electron chi connectivity index (χ3n) is 4.59. The highest BCUT2D eigenvalue weighted by molar-refractivity contribution is 6.30. The van der Waals surface area contributed by atoms with E-state index < -0.39 is 5.97 Å². The maximum Gasteiger partial charge on any atom is 0.329 e. The number of aromatic nitrogens is 2. The largest absolute Gasteiger partial charge is 0.507 e. The lowest BCUT2D eigenvalue weighted by atomic mass is 10.0. The molecule has 0 amide bonds. The van der Waals surface area contributed by atoms with Crippen molar-refractivity contribution in [3.8, 4) is 28.3 Å². The van der Waals surface area contributed by atoms with Gasteiger partial charge in [-0.15, -0.1) is 0 Å². The third kappa shape index (κ3) is 3.97. The molecular weight excluding hydrogens is 400 g/mol. The normalized spacial score (nSPS) is 11.4. The summed E-state index contributed by atoms with van der Waals surface area (Å²) in [6, 6.07) is 23.7. The topological polar surface area (TPSA) is 86.2 Å². The number of phenolic OH excluding ortho intramolecular Hbond substituents is 1. The summed E-state index contributed by atoms with van der Waals surface area (Å²) in [4.78, 5) is 19.5. The number of rotatable bonds is 5. The lowest BCUT2D eigenvalue weighted by Crippen LogP contribution is -1.97. The molecule has 0 saturated carbocycles. The maximum absolute atomic E-state index is 11.6. The minimum atomic E-state index is -1.16. The smallest absolute Gasteiger partial charge is 0.329 e. The quantitative estimate of drug-likeness (QED) is 0.368. The Kier molecular flexibility index (Phi) is 5.37. The van der Waals surface area contributed by atoms with Crippen molar-refractivity contribution >= 4 is 23.1 Å². The second kappa shape index (κ2) is 8.27. The molecule has 0 aliphatic rings. The Bertz CT molecular complexity index is 1180. The lowest BCUT2D eigenvalue weighted by Gasteiger charge is -2.07. The number of nitrogens with one attached hydrogen (secondary N) is 1. The highest BCUT2D eigenvalue weighted by Gasteiger charge is 2.20. The zero-order valence-electron chi connectivity index (χ0n) is 15.7. The summed E-state index contributed by atoms with van der Waals surface area (Å²) in [7, 11) is 0. The number of aromatic amines is 1. The Morgan fingerprint density at radius 3 is 2.20 bits per heavy atom. The van der Waals surface area contributed by atoms with E-state index in [9.17, 15) is 15.0 Å². The van der Waals surface area contributed by atoms with Gasteiger partial charge < -0.3 is 15.2 Å². The molecule has 4 rings (SSSR count). The molecule has 4 aromatic rings. The van der Waals surface area contributed by atoms with Crippen LogP contribution in [0.3, 0.4) is 0 Å². The van der Waals surface area contributed by atoms with Crippen molar-refractivity contribution < 1.29 is 15.0 Å². The molecule has 30 heavy (non-hydrogen) atoms. The molecular formula is C24H17ClN2O3. The predicted octanol–water partition coefficient (Wildman–Crippen LogP) is 5.62. The molecule has 1 aromatic heterocycles. The lowest BCUT2D eigenvalue weighted by molar-refractivity contribution is -0.131. The summed E-state index contributed by atoms with van der Waals surface area (Å²) in [5, 5.41) is 20.2. The average molecular weight is 417 g/mol. The molecule has 5 nitrogen and oxygen atoms in total. The molecule has 0 atom stereocenters. The van der Waals surface area contributed by atoms with Crippen LogP contribution in [-0.2, 0) is 4.79 Å². The highest BCUT2D eigenvalue weighted by atomic mass is 35.5. The van der Waals surface area contributed by atoms with E-state index in [1.807, 2.05) is 60.7 Å². The number of carboxylic acids is 1. The van der Waals surface area contributed by atoms with E-state index in [-0.39, 0.29) is 16.9 Å². The zero-order valence-corrected chi connectivity index (χ0v) is 16.5. The number of aliphatic carboxylic acids is 1. The van der Waals surface area contributed by atoms with E-state index in [2.05, 4.69) is 4.98 Å². The fourth-order valence-electron chi connectivity index (χ4n) is 3.24. The van der Waals surface area contributed by atoms with Gasteiger partial charge in [-0.1, -0.05) is 72.3 Å². The average Bonchev–Trinajstić information content (AvgIpc) is 3.20. The van der Waals surface area contributed by atoms with Gasteiger partial charge in [-0.25, -0.2) is 9.78 Å². The number of H-pyrrole nitrogens is 1. The molecule has 0 fully saturated rings. The van der Waals surface area contributed by atoms with Gasteiger partial charge in [-0.05, 0) is 18.2 Å². The van der Waals surface area contributed by atoms with Crippen molar-refractivity contribution in [2.75, 3.05) is 0 Å². The molecule has 0 spiro atoms. The Labute approximate surface area is 177 Å². The third-order valence-corrected chi connectivity index (χ3v) is 4.82. The fourth-order valence-corrected chi connectivity index (χ4v) is 3.41. The number of carbonyl (C=O) groups is 1. The van der Waals surface area contributed by atoms with Crippen molar-refractivity contribution in [1.29, 1.82) is 0 Å². The molecule has 3 aromatic carbocycles. The van der Waals surface area contributed by atoms with Crippen LogP contribution in [0.2, 0.25) is 5.02 Å². The minimum absolute atomic E-state index is 0.0918. The summed E-state index contributed by atoms with van der Waals surface area (Å²) >= 11 is 6.10. The van der Waals surface area contributed by atoms with Gasteiger partial charge in [0.05, 0.1) is 11.4 Å². The summed E-state index contributed by atoms with van der Waals surface area (Å²) in [5.74, 6) is -0.943. The number of benzene rings is 3. The molecule has 1 heterocycles. The maximum atomic E-state index is 11.6. The predicted molar refractivity (Wildman–Crippen MR) is 117 cm³/mol. The van der Waals surface area contributed by atoms with Gasteiger partial charge in [0.15, 0.2) is 0 Å². The Morgan fingerprint density at radius 1 is 0.933 bits per heavy atom. The first kappa shape index (κ1) is 19.5.